The number of hydrogen-bond donors (Lipinski definition) is 2. The van der Waals surface area contributed by atoms with Crippen LogP contribution >= 0.6 is 11.3 Å². The van der Waals surface area contributed by atoms with Crippen LogP contribution in [0.4, 0.5) is 5.13 Å². The zero-order valence-electron chi connectivity index (χ0n) is 19.2. The Labute approximate surface area is 207 Å². The normalized spacial score (nSPS) is 14.5. The quantitative estimate of drug-likeness (QED) is 0.381. The molecule has 0 unspecified atom stereocenters. The van der Waals surface area contributed by atoms with Crippen LogP contribution in [0, 0.1) is 0 Å². The van der Waals surface area contributed by atoms with Gasteiger partial charge in [-0.05, 0) is 35.4 Å². The number of benzene rings is 2. The summed E-state index contributed by atoms with van der Waals surface area (Å²) in [5.74, 6) is -0.708. The van der Waals surface area contributed by atoms with Gasteiger partial charge in [-0.25, -0.2) is 18.9 Å². The molecule has 1 aliphatic rings. The number of piperazine rings is 1. The van der Waals surface area contributed by atoms with Gasteiger partial charge in [-0.3, -0.25) is 14.8 Å². The Balaban J connectivity index is 1.42. The second-order valence-electron chi connectivity index (χ2n) is 8.14. The standard InChI is InChI=1S/C23H25N5O5S2/c1-26(2)22(30)18-5-3-16(4-6-18)17-7-9-19(10-8-17)35(32,33)28-13-11-27(12-14-28)23-24-15-20(34-23)21(29)25-31/h3-10,15,31H,11-14H2,1-2H3,(H,25,29). The summed E-state index contributed by atoms with van der Waals surface area (Å²) in [6.45, 7) is 1.44. The molecule has 1 aliphatic heterocycles. The molecule has 3 aromatic rings. The number of aromatic nitrogens is 1. The van der Waals surface area contributed by atoms with Gasteiger partial charge < -0.3 is 9.80 Å². The first kappa shape index (κ1) is 24.8. The molecule has 10 nitrogen and oxygen atoms in total. The SMILES string of the molecule is CN(C)C(=O)c1ccc(-c2ccc(S(=O)(=O)N3CCN(c4ncc(C(=O)NO)s4)CC3)cc2)cc1. The summed E-state index contributed by atoms with van der Waals surface area (Å²) >= 11 is 1.13. The number of hydroxylamine groups is 1. The van der Waals surface area contributed by atoms with E-state index in [1.54, 1.807) is 56.0 Å². The molecule has 12 heteroatoms. The Bertz CT molecular complexity index is 1310. The smallest absolute Gasteiger partial charge is 0.286 e. The Morgan fingerprint density at radius 3 is 2.09 bits per heavy atom. The van der Waals surface area contributed by atoms with Crippen LogP contribution in [0.5, 0.6) is 0 Å². The van der Waals surface area contributed by atoms with Crippen LogP contribution < -0.4 is 10.4 Å². The van der Waals surface area contributed by atoms with Gasteiger partial charge in [0.25, 0.3) is 11.8 Å². The number of nitrogens with one attached hydrogen (secondary N) is 1. The van der Waals surface area contributed by atoms with Crippen LogP contribution in [-0.4, -0.2) is 79.9 Å². The van der Waals surface area contributed by atoms with E-state index in [4.69, 9.17) is 5.21 Å². The third-order valence-electron chi connectivity index (χ3n) is 5.69. The van der Waals surface area contributed by atoms with E-state index in [0.29, 0.717) is 23.8 Å². The first-order valence-electron chi connectivity index (χ1n) is 10.8. The molecule has 1 aromatic heterocycles. The number of sulfonamides is 1. The average Bonchev–Trinajstić information content (AvgIpc) is 3.38. The third kappa shape index (κ3) is 5.20. The Morgan fingerprint density at radius 1 is 0.971 bits per heavy atom. The van der Waals surface area contributed by atoms with E-state index in [2.05, 4.69) is 4.98 Å². The second-order valence-corrected chi connectivity index (χ2v) is 11.1. The van der Waals surface area contributed by atoms with Crippen molar-refractivity contribution in [2.75, 3.05) is 45.2 Å². The minimum Gasteiger partial charge on any atom is -0.345 e. The molecule has 2 N–H and O–H groups in total. The largest absolute Gasteiger partial charge is 0.345 e. The first-order valence-corrected chi connectivity index (χ1v) is 13.0. The van der Waals surface area contributed by atoms with Crippen molar-refractivity contribution in [2.24, 2.45) is 0 Å². The average molecular weight is 516 g/mol. The molecule has 2 heterocycles. The number of thiazole rings is 1. The van der Waals surface area contributed by atoms with Gasteiger partial charge >= 0.3 is 0 Å². The highest BCUT2D eigenvalue weighted by atomic mass is 32.2. The number of carbonyl (C=O) groups is 2. The fourth-order valence-electron chi connectivity index (χ4n) is 3.72. The summed E-state index contributed by atoms with van der Waals surface area (Å²) in [5.41, 5.74) is 3.90. The fourth-order valence-corrected chi connectivity index (χ4v) is 6.00. The third-order valence-corrected chi connectivity index (χ3v) is 8.66. The van der Waals surface area contributed by atoms with E-state index < -0.39 is 15.9 Å². The number of hydrogen-bond acceptors (Lipinski definition) is 8. The predicted molar refractivity (Wildman–Crippen MR) is 132 cm³/mol. The van der Waals surface area contributed by atoms with Gasteiger partial charge in [-0.15, -0.1) is 0 Å². The van der Waals surface area contributed by atoms with E-state index >= 15 is 0 Å². The summed E-state index contributed by atoms with van der Waals surface area (Å²) in [6.07, 6.45) is 1.38. The van der Waals surface area contributed by atoms with Crippen LogP contribution in [0.3, 0.4) is 0 Å². The van der Waals surface area contributed by atoms with Crippen LogP contribution in [-0.2, 0) is 10.0 Å². The highest BCUT2D eigenvalue weighted by molar-refractivity contribution is 7.89. The monoisotopic (exact) mass is 515 g/mol. The Hall–Kier alpha value is -3.32. The van der Waals surface area contributed by atoms with Crippen LogP contribution in [0.25, 0.3) is 11.1 Å². The topological polar surface area (TPSA) is 123 Å². The second kappa shape index (κ2) is 10.1. The lowest BCUT2D eigenvalue weighted by Gasteiger charge is -2.33. The fraction of sp³-hybridized carbons (Fsp3) is 0.261. The van der Waals surface area contributed by atoms with E-state index in [0.717, 1.165) is 22.5 Å². The summed E-state index contributed by atoms with van der Waals surface area (Å²) in [5, 5.41) is 9.35. The number of carbonyl (C=O) groups excluding carboxylic acids is 2. The molecule has 4 rings (SSSR count). The molecular formula is C23H25N5O5S2. The molecule has 0 radical (unpaired) electrons. The molecule has 0 bridgehead atoms. The van der Waals surface area contributed by atoms with Crippen molar-refractivity contribution < 1.29 is 23.2 Å². The van der Waals surface area contributed by atoms with Crippen molar-refractivity contribution in [3.63, 3.8) is 0 Å². The number of nitrogens with zero attached hydrogens (tertiary/aromatic N) is 4. The zero-order valence-corrected chi connectivity index (χ0v) is 20.8. The van der Waals surface area contributed by atoms with Gasteiger partial charge in [-0.1, -0.05) is 35.6 Å². The number of anilines is 1. The highest BCUT2D eigenvalue weighted by Gasteiger charge is 2.29. The molecule has 184 valence electrons. The van der Waals surface area contributed by atoms with E-state index in [1.807, 2.05) is 17.0 Å². The molecule has 1 fully saturated rings. The maximum Gasteiger partial charge on any atom is 0.286 e. The molecular weight excluding hydrogens is 490 g/mol. The lowest BCUT2D eigenvalue weighted by atomic mass is 10.0. The molecule has 35 heavy (non-hydrogen) atoms. The van der Waals surface area contributed by atoms with Gasteiger partial charge in [0.1, 0.15) is 4.88 Å². The van der Waals surface area contributed by atoms with Gasteiger partial charge in [0.15, 0.2) is 5.13 Å². The summed E-state index contributed by atoms with van der Waals surface area (Å²) in [6, 6.07) is 13.9. The lowest BCUT2D eigenvalue weighted by molar-refractivity contribution is 0.0710. The predicted octanol–water partition coefficient (Wildman–Crippen LogP) is 2.14. The van der Waals surface area contributed by atoms with Gasteiger partial charge in [0.05, 0.1) is 11.1 Å². The van der Waals surface area contributed by atoms with Crippen molar-refractivity contribution in [1.82, 2.24) is 19.7 Å². The highest BCUT2D eigenvalue weighted by Crippen LogP contribution is 2.27. The molecule has 0 aliphatic carbocycles. The molecule has 0 atom stereocenters. The maximum atomic E-state index is 13.2. The Morgan fingerprint density at radius 2 is 1.54 bits per heavy atom. The number of amides is 2. The molecule has 0 spiro atoms. The van der Waals surface area contributed by atoms with E-state index in [-0.39, 0.29) is 28.8 Å². The lowest BCUT2D eigenvalue weighted by Crippen LogP contribution is -2.48. The molecule has 0 saturated carbocycles. The minimum atomic E-state index is -3.66. The van der Waals surface area contributed by atoms with Crippen molar-refractivity contribution >= 4 is 38.3 Å². The Kier molecular flexibility index (Phi) is 7.17. The van der Waals surface area contributed by atoms with Crippen molar-refractivity contribution in [3.05, 3.63) is 65.2 Å². The van der Waals surface area contributed by atoms with Crippen molar-refractivity contribution in [1.29, 1.82) is 0 Å². The summed E-state index contributed by atoms with van der Waals surface area (Å²) < 4.78 is 27.8. The van der Waals surface area contributed by atoms with Gasteiger partial charge in [0, 0.05) is 45.8 Å². The van der Waals surface area contributed by atoms with E-state index in [1.165, 1.54) is 15.4 Å². The molecule has 1 saturated heterocycles. The summed E-state index contributed by atoms with van der Waals surface area (Å²) in [7, 11) is -0.269. The van der Waals surface area contributed by atoms with Crippen molar-refractivity contribution in [2.45, 2.75) is 4.90 Å². The van der Waals surface area contributed by atoms with Crippen molar-refractivity contribution in [3.8, 4) is 11.1 Å². The molecule has 2 aromatic carbocycles. The van der Waals surface area contributed by atoms with Gasteiger partial charge in [-0.2, -0.15) is 4.31 Å². The minimum absolute atomic E-state index is 0.0796. The van der Waals surface area contributed by atoms with Crippen LogP contribution in [0.15, 0.2) is 59.6 Å². The maximum absolute atomic E-state index is 13.2. The first-order chi connectivity index (χ1) is 16.7. The van der Waals surface area contributed by atoms with Crippen LogP contribution in [0.1, 0.15) is 20.0 Å². The summed E-state index contributed by atoms with van der Waals surface area (Å²) in [4.78, 5) is 31.7. The number of rotatable bonds is 6. The zero-order chi connectivity index (χ0) is 25.2. The van der Waals surface area contributed by atoms with E-state index in [9.17, 15) is 18.0 Å². The van der Waals surface area contributed by atoms with Crippen LogP contribution in [0.2, 0.25) is 0 Å². The molecule has 2 amide bonds. The van der Waals surface area contributed by atoms with Gasteiger partial charge in [0.2, 0.25) is 10.0 Å².